The molecular weight excluding hydrogens is 388 g/mol. The molecule has 0 aliphatic carbocycles. The Morgan fingerprint density at radius 2 is 1.66 bits per heavy atom. The lowest BCUT2D eigenvalue weighted by molar-refractivity contribution is 0.102. The molecule has 0 bridgehead atoms. The van der Waals surface area contributed by atoms with Crippen molar-refractivity contribution in [3.8, 4) is 0 Å². The number of sulfonamides is 1. The second-order valence-electron chi connectivity index (χ2n) is 7.52. The minimum Gasteiger partial charge on any atom is -0.356 e. The van der Waals surface area contributed by atoms with Crippen LogP contribution in [0.1, 0.15) is 42.5 Å². The maximum absolute atomic E-state index is 12.9. The largest absolute Gasteiger partial charge is 0.356 e. The summed E-state index contributed by atoms with van der Waals surface area (Å²) in [5.74, 6) is 0.395. The van der Waals surface area contributed by atoms with Crippen LogP contribution in [0.15, 0.2) is 47.5 Å². The molecule has 0 spiro atoms. The molecule has 2 aromatic rings. The highest BCUT2D eigenvalue weighted by Crippen LogP contribution is 2.25. The average Bonchev–Trinajstić information content (AvgIpc) is 3.29. The Morgan fingerprint density at radius 3 is 2.41 bits per heavy atom. The van der Waals surface area contributed by atoms with Gasteiger partial charge in [-0.05, 0) is 56.0 Å². The second-order valence-corrected chi connectivity index (χ2v) is 9.45. The molecule has 4 rings (SSSR count). The Morgan fingerprint density at radius 1 is 0.931 bits per heavy atom. The number of aromatic nitrogens is 1. The van der Waals surface area contributed by atoms with Crippen LogP contribution >= 0.6 is 0 Å². The van der Waals surface area contributed by atoms with E-state index in [0.717, 1.165) is 45.2 Å². The van der Waals surface area contributed by atoms with E-state index < -0.39 is 10.0 Å². The van der Waals surface area contributed by atoms with Gasteiger partial charge in [0.15, 0.2) is 0 Å². The molecule has 2 aliphatic heterocycles. The fraction of sp³-hybridized carbons (Fsp3) is 0.429. The molecule has 1 aromatic carbocycles. The van der Waals surface area contributed by atoms with Crippen LogP contribution in [0.4, 0.5) is 11.5 Å². The van der Waals surface area contributed by atoms with Gasteiger partial charge in [-0.15, -0.1) is 0 Å². The van der Waals surface area contributed by atoms with Crippen LogP contribution in [0.2, 0.25) is 0 Å². The molecule has 0 saturated carbocycles. The van der Waals surface area contributed by atoms with Gasteiger partial charge in [-0.2, -0.15) is 4.31 Å². The number of anilines is 2. The molecule has 154 valence electrons. The summed E-state index contributed by atoms with van der Waals surface area (Å²) >= 11 is 0. The van der Waals surface area contributed by atoms with Crippen LogP contribution in [0.5, 0.6) is 0 Å². The van der Waals surface area contributed by atoms with Gasteiger partial charge in [-0.3, -0.25) is 4.79 Å². The third-order valence-corrected chi connectivity index (χ3v) is 7.38. The Kier molecular flexibility index (Phi) is 5.82. The number of nitrogens with one attached hydrogen (secondary N) is 1. The predicted octanol–water partition coefficient (Wildman–Crippen LogP) is 3.11. The number of carbonyl (C=O) groups is 1. The molecule has 7 nitrogen and oxygen atoms in total. The molecule has 1 N–H and O–H groups in total. The normalized spacial score (nSPS) is 18.0. The van der Waals surface area contributed by atoms with Gasteiger partial charge in [0.05, 0.1) is 10.5 Å². The number of rotatable bonds is 5. The van der Waals surface area contributed by atoms with Crippen molar-refractivity contribution in [3.05, 3.63) is 48.2 Å². The molecule has 3 heterocycles. The van der Waals surface area contributed by atoms with Gasteiger partial charge in [-0.1, -0.05) is 12.5 Å². The summed E-state index contributed by atoms with van der Waals surface area (Å²) in [5, 5.41) is 2.85. The lowest BCUT2D eigenvalue weighted by atomic mass is 10.2. The number of hydrogen-bond acceptors (Lipinski definition) is 5. The van der Waals surface area contributed by atoms with Gasteiger partial charge >= 0.3 is 0 Å². The van der Waals surface area contributed by atoms with E-state index in [1.807, 2.05) is 0 Å². The topological polar surface area (TPSA) is 82.6 Å². The number of benzene rings is 1. The Bertz CT molecular complexity index is 981. The standard InChI is InChI=1S/C21H26N4O3S/c26-21(19-10-7-11-22-20(19)24-12-4-5-13-24)23-17-8-6-9-18(16-17)29(27,28)25-14-2-1-3-15-25/h6-11,16H,1-5,12-15H2,(H,23,26). The zero-order valence-corrected chi connectivity index (χ0v) is 17.2. The fourth-order valence-electron chi connectivity index (χ4n) is 3.94. The van der Waals surface area contributed by atoms with Crippen LogP contribution in [0.25, 0.3) is 0 Å². The van der Waals surface area contributed by atoms with Crippen molar-refractivity contribution in [1.29, 1.82) is 0 Å². The summed E-state index contributed by atoms with van der Waals surface area (Å²) in [6, 6.07) is 9.99. The third-order valence-electron chi connectivity index (χ3n) is 5.48. The quantitative estimate of drug-likeness (QED) is 0.813. The number of nitrogens with zero attached hydrogens (tertiary/aromatic N) is 3. The number of hydrogen-bond donors (Lipinski definition) is 1. The molecule has 1 aromatic heterocycles. The number of carbonyl (C=O) groups excluding carboxylic acids is 1. The lowest BCUT2D eigenvalue weighted by Crippen LogP contribution is -2.35. The van der Waals surface area contributed by atoms with Crippen LogP contribution < -0.4 is 10.2 Å². The maximum atomic E-state index is 12.9. The van der Waals surface area contributed by atoms with Crippen LogP contribution in [0, 0.1) is 0 Å². The zero-order chi connectivity index (χ0) is 20.3. The summed E-state index contributed by atoms with van der Waals surface area (Å²) in [4.78, 5) is 19.6. The minimum absolute atomic E-state index is 0.211. The van der Waals surface area contributed by atoms with Gasteiger partial charge in [-0.25, -0.2) is 13.4 Å². The monoisotopic (exact) mass is 414 g/mol. The third kappa shape index (κ3) is 4.28. The first-order valence-corrected chi connectivity index (χ1v) is 11.6. The molecular formula is C21H26N4O3S. The van der Waals surface area contributed by atoms with Gasteiger partial charge in [0.25, 0.3) is 5.91 Å². The number of pyridine rings is 1. The smallest absolute Gasteiger partial charge is 0.259 e. The fourth-order valence-corrected chi connectivity index (χ4v) is 5.51. The van der Waals surface area contributed by atoms with Crippen molar-refractivity contribution >= 4 is 27.4 Å². The van der Waals surface area contributed by atoms with Gasteiger partial charge in [0.2, 0.25) is 10.0 Å². The Hall–Kier alpha value is -2.45. The van der Waals surface area contributed by atoms with Crippen LogP contribution in [-0.2, 0) is 10.0 Å². The highest BCUT2D eigenvalue weighted by Gasteiger charge is 2.26. The highest BCUT2D eigenvalue weighted by atomic mass is 32.2. The summed E-state index contributed by atoms with van der Waals surface area (Å²) < 4.78 is 27.4. The first kappa shape index (κ1) is 19.8. The maximum Gasteiger partial charge on any atom is 0.259 e. The Labute approximate surface area is 171 Å². The van der Waals surface area contributed by atoms with E-state index in [1.54, 1.807) is 36.5 Å². The summed E-state index contributed by atoms with van der Waals surface area (Å²) in [7, 11) is -3.54. The summed E-state index contributed by atoms with van der Waals surface area (Å²) in [6.45, 7) is 2.88. The van der Waals surface area contributed by atoms with Crippen molar-refractivity contribution in [2.75, 3.05) is 36.4 Å². The SMILES string of the molecule is O=C(Nc1cccc(S(=O)(=O)N2CCCCC2)c1)c1cccnc1N1CCCC1. The molecule has 2 saturated heterocycles. The van der Waals surface area contributed by atoms with Crippen molar-refractivity contribution in [2.45, 2.75) is 37.0 Å². The van der Waals surface area contributed by atoms with Gasteiger partial charge in [0, 0.05) is 38.1 Å². The van der Waals surface area contributed by atoms with E-state index in [4.69, 9.17) is 0 Å². The highest BCUT2D eigenvalue weighted by molar-refractivity contribution is 7.89. The molecule has 8 heteroatoms. The van der Waals surface area contributed by atoms with Gasteiger partial charge < -0.3 is 10.2 Å². The molecule has 1 amide bonds. The Balaban J connectivity index is 1.55. The van der Waals surface area contributed by atoms with E-state index in [2.05, 4.69) is 15.2 Å². The van der Waals surface area contributed by atoms with Crippen LogP contribution in [-0.4, -0.2) is 49.8 Å². The van der Waals surface area contributed by atoms with E-state index in [0.29, 0.717) is 30.2 Å². The molecule has 2 aliphatic rings. The molecule has 0 radical (unpaired) electrons. The van der Waals surface area contributed by atoms with Crippen molar-refractivity contribution in [1.82, 2.24) is 9.29 Å². The molecule has 0 unspecified atom stereocenters. The van der Waals surface area contributed by atoms with E-state index in [1.165, 1.54) is 10.4 Å². The van der Waals surface area contributed by atoms with Crippen molar-refractivity contribution < 1.29 is 13.2 Å². The van der Waals surface area contributed by atoms with Crippen LogP contribution in [0.3, 0.4) is 0 Å². The van der Waals surface area contributed by atoms with E-state index >= 15 is 0 Å². The minimum atomic E-state index is -3.54. The van der Waals surface area contributed by atoms with Crippen molar-refractivity contribution in [3.63, 3.8) is 0 Å². The lowest BCUT2D eigenvalue weighted by Gasteiger charge is -2.26. The molecule has 2 fully saturated rings. The van der Waals surface area contributed by atoms with E-state index in [9.17, 15) is 13.2 Å². The first-order valence-electron chi connectivity index (χ1n) is 10.2. The van der Waals surface area contributed by atoms with Crippen molar-refractivity contribution in [2.24, 2.45) is 0 Å². The second kappa shape index (κ2) is 8.51. The predicted molar refractivity (Wildman–Crippen MR) is 113 cm³/mol. The summed E-state index contributed by atoms with van der Waals surface area (Å²) in [6.07, 6.45) is 6.71. The number of piperidine rings is 1. The zero-order valence-electron chi connectivity index (χ0n) is 16.4. The average molecular weight is 415 g/mol. The first-order chi connectivity index (χ1) is 14.1. The van der Waals surface area contributed by atoms with E-state index in [-0.39, 0.29) is 10.8 Å². The molecule has 29 heavy (non-hydrogen) atoms. The molecule has 0 atom stereocenters. The summed E-state index contributed by atoms with van der Waals surface area (Å²) in [5.41, 5.74) is 0.961. The number of amides is 1. The van der Waals surface area contributed by atoms with Gasteiger partial charge in [0.1, 0.15) is 5.82 Å².